The highest BCUT2D eigenvalue weighted by atomic mass is 32.2. The van der Waals surface area contributed by atoms with Gasteiger partial charge in [-0.15, -0.1) is 0 Å². The van der Waals surface area contributed by atoms with Gasteiger partial charge in [0, 0.05) is 32.4 Å². The van der Waals surface area contributed by atoms with Crippen LogP contribution in [0.4, 0.5) is 0 Å². The molecule has 1 unspecified atom stereocenters. The summed E-state index contributed by atoms with van der Waals surface area (Å²) in [6, 6.07) is 9.98. The summed E-state index contributed by atoms with van der Waals surface area (Å²) in [5.74, 6) is 0. The molecular formula is C12H18N2O2S. The average molecular weight is 254 g/mol. The maximum atomic E-state index is 11.7. The zero-order valence-electron chi connectivity index (χ0n) is 9.96. The second-order valence-electron chi connectivity index (χ2n) is 4.44. The predicted octanol–water partition coefficient (Wildman–Crippen LogP) is 0.463. The largest absolute Gasteiger partial charge is 0.313 e. The Bertz CT molecular complexity index is 459. The van der Waals surface area contributed by atoms with Crippen molar-refractivity contribution in [3.8, 4) is 0 Å². The number of nitrogens with zero attached hydrogens (tertiary/aromatic N) is 1. The molecule has 4 nitrogen and oxygen atoms in total. The van der Waals surface area contributed by atoms with Crippen LogP contribution in [0.25, 0.3) is 0 Å². The molecular weight excluding hydrogens is 236 g/mol. The fourth-order valence-corrected chi connectivity index (χ4v) is 3.28. The quantitative estimate of drug-likeness (QED) is 0.851. The number of piperazine rings is 1. The number of hydrogen-bond acceptors (Lipinski definition) is 4. The van der Waals surface area contributed by atoms with Crippen molar-refractivity contribution < 1.29 is 8.42 Å². The van der Waals surface area contributed by atoms with Gasteiger partial charge in [-0.1, -0.05) is 30.3 Å². The van der Waals surface area contributed by atoms with Gasteiger partial charge in [0.25, 0.3) is 0 Å². The molecule has 5 heteroatoms. The maximum absolute atomic E-state index is 11.7. The summed E-state index contributed by atoms with van der Waals surface area (Å²) in [7, 11) is -3.03. The van der Waals surface area contributed by atoms with Crippen LogP contribution in [0.5, 0.6) is 0 Å². The van der Waals surface area contributed by atoms with Crippen molar-refractivity contribution in [3.63, 3.8) is 0 Å². The van der Waals surface area contributed by atoms with Gasteiger partial charge in [-0.05, 0) is 5.56 Å². The van der Waals surface area contributed by atoms with Crippen molar-refractivity contribution in [2.75, 3.05) is 25.9 Å². The van der Waals surface area contributed by atoms with E-state index < -0.39 is 15.2 Å². The van der Waals surface area contributed by atoms with E-state index in [-0.39, 0.29) is 0 Å². The van der Waals surface area contributed by atoms with E-state index in [1.807, 2.05) is 35.2 Å². The average Bonchev–Trinajstić information content (AvgIpc) is 2.30. The molecule has 1 aliphatic heterocycles. The summed E-state index contributed by atoms with van der Waals surface area (Å²) in [4.78, 5) is 2.03. The monoisotopic (exact) mass is 254 g/mol. The molecule has 1 atom stereocenters. The van der Waals surface area contributed by atoms with E-state index in [4.69, 9.17) is 0 Å². The Balaban J connectivity index is 2.13. The lowest BCUT2D eigenvalue weighted by Gasteiger charge is -2.34. The summed E-state index contributed by atoms with van der Waals surface area (Å²) < 4.78 is 23.4. The number of benzene rings is 1. The first kappa shape index (κ1) is 12.5. The highest BCUT2D eigenvalue weighted by Gasteiger charge is 2.30. The lowest BCUT2D eigenvalue weighted by Crippen LogP contribution is -2.53. The Kier molecular flexibility index (Phi) is 3.81. The van der Waals surface area contributed by atoms with Crippen molar-refractivity contribution in [2.24, 2.45) is 0 Å². The first-order valence-corrected chi connectivity index (χ1v) is 7.70. The minimum atomic E-state index is -3.03. The highest BCUT2D eigenvalue weighted by molar-refractivity contribution is 7.91. The molecule has 0 radical (unpaired) electrons. The molecule has 1 saturated heterocycles. The number of sulfone groups is 1. The zero-order chi connectivity index (χ0) is 12.3. The summed E-state index contributed by atoms with van der Waals surface area (Å²) in [6.45, 7) is 2.83. The van der Waals surface area contributed by atoms with Crippen LogP contribution < -0.4 is 5.32 Å². The highest BCUT2D eigenvalue weighted by Crippen LogP contribution is 2.13. The van der Waals surface area contributed by atoms with Crippen LogP contribution >= 0.6 is 0 Å². The van der Waals surface area contributed by atoms with Crippen LogP contribution in [0.15, 0.2) is 30.3 Å². The summed E-state index contributed by atoms with van der Waals surface area (Å²) >= 11 is 0. The number of hydrogen-bond donors (Lipinski definition) is 1. The van der Waals surface area contributed by atoms with E-state index in [1.165, 1.54) is 6.26 Å². The van der Waals surface area contributed by atoms with Crippen LogP contribution in [-0.4, -0.2) is 44.6 Å². The lowest BCUT2D eigenvalue weighted by molar-refractivity contribution is 0.203. The predicted molar refractivity (Wildman–Crippen MR) is 68.4 cm³/mol. The third-order valence-corrected chi connectivity index (χ3v) is 4.48. The molecule has 0 spiro atoms. The van der Waals surface area contributed by atoms with Gasteiger partial charge in [0.05, 0.1) is 0 Å². The van der Waals surface area contributed by atoms with E-state index in [1.54, 1.807) is 0 Å². The van der Waals surface area contributed by atoms with Crippen molar-refractivity contribution in [3.05, 3.63) is 35.9 Å². The molecule has 0 aliphatic carbocycles. The number of nitrogens with one attached hydrogen (secondary N) is 1. The van der Waals surface area contributed by atoms with Crippen LogP contribution in [-0.2, 0) is 16.4 Å². The fourth-order valence-electron chi connectivity index (χ4n) is 2.14. The minimum Gasteiger partial charge on any atom is -0.313 e. The summed E-state index contributed by atoms with van der Waals surface area (Å²) in [6.07, 6.45) is 1.31. The van der Waals surface area contributed by atoms with Crippen molar-refractivity contribution in [1.29, 1.82) is 0 Å². The lowest BCUT2D eigenvalue weighted by atomic mass is 10.2. The molecule has 94 valence electrons. The van der Waals surface area contributed by atoms with Crippen molar-refractivity contribution in [1.82, 2.24) is 10.2 Å². The van der Waals surface area contributed by atoms with Crippen LogP contribution in [0.1, 0.15) is 5.56 Å². The van der Waals surface area contributed by atoms with Crippen molar-refractivity contribution >= 4 is 9.84 Å². The first-order valence-electron chi connectivity index (χ1n) is 5.75. The number of rotatable bonds is 3. The zero-order valence-corrected chi connectivity index (χ0v) is 10.8. The minimum absolute atomic E-state index is 0.406. The molecule has 1 aromatic rings. The van der Waals surface area contributed by atoms with Crippen LogP contribution in [0.2, 0.25) is 0 Å². The van der Waals surface area contributed by atoms with Crippen molar-refractivity contribution in [2.45, 2.75) is 11.9 Å². The van der Waals surface area contributed by atoms with Crippen LogP contribution in [0.3, 0.4) is 0 Å². The maximum Gasteiger partial charge on any atom is 0.164 e. The van der Waals surface area contributed by atoms with Gasteiger partial charge in [-0.3, -0.25) is 4.90 Å². The normalized spacial score (nSPS) is 22.5. The third-order valence-electron chi connectivity index (χ3n) is 3.02. The SMILES string of the molecule is CS(=O)(=O)C1CNCCN1Cc1ccccc1. The molecule has 0 saturated carbocycles. The van der Waals surface area contributed by atoms with E-state index in [0.29, 0.717) is 13.1 Å². The molecule has 1 heterocycles. The first-order chi connectivity index (χ1) is 8.07. The Morgan fingerprint density at radius 1 is 1.35 bits per heavy atom. The van der Waals surface area contributed by atoms with E-state index in [2.05, 4.69) is 5.32 Å². The fraction of sp³-hybridized carbons (Fsp3) is 0.500. The van der Waals surface area contributed by atoms with Gasteiger partial charge >= 0.3 is 0 Å². The third kappa shape index (κ3) is 3.28. The van der Waals surface area contributed by atoms with Crippen LogP contribution in [0, 0.1) is 0 Å². The smallest absolute Gasteiger partial charge is 0.164 e. The van der Waals surface area contributed by atoms with Gasteiger partial charge in [0.15, 0.2) is 9.84 Å². The molecule has 1 aliphatic rings. The molecule has 2 rings (SSSR count). The second kappa shape index (κ2) is 5.16. The molecule has 17 heavy (non-hydrogen) atoms. The van der Waals surface area contributed by atoms with E-state index in [9.17, 15) is 8.42 Å². The standard InChI is InChI=1S/C12H18N2O2S/c1-17(15,16)12-9-13-7-8-14(12)10-11-5-3-2-4-6-11/h2-6,12-13H,7-10H2,1H3. The Hall–Kier alpha value is -0.910. The van der Waals surface area contributed by atoms with Gasteiger partial charge in [-0.2, -0.15) is 0 Å². The molecule has 0 bridgehead atoms. The Labute approximate surface area is 103 Å². The molecule has 1 aromatic carbocycles. The van der Waals surface area contributed by atoms with E-state index in [0.717, 1.165) is 18.7 Å². The second-order valence-corrected chi connectivity index (χ2v) is 6.65. The Morgan fingerprint density at radius 2 is 2.06 bits per heavy atom. The summed E-state index contributed by atoms with van der Waals surface area (Å²) in [5.41, 5.74) is 1.16. The molecule has 1 fully saturated rings. The van der Waals surface area contributed by atoms with Gasteiger partial charge in [0.2, 0.25) is 0 Å². The topological polar surface area (TPSA) is 49.4 Å². The van der Waals surface area contributed by atoms with Gasteiger partial charge < -0.3 is 5.32 Å². The van der Waals surface area contributed by atoms with Gasteiger partial charge in [0.1, 0.15) is 5.37 Å². The summed E-state index contributed by atoms with van der Waals surface area (Å²) in [5, 5.41) is 2.73. The Morgan fingerprint density at radius 3 is 2.71 bits per heavy atom. The molecule has 0 amide bonds. The van der Waals surface area contributed by atoms with Gasteiger partial charge in [-0.25, -0.2) is 8.42 Å². The van der Waals surface area contributed by atoms with E-state index >= 15 is 0 Å². The molecule has 0 aromatic heterocycles. The molecule has 1 N–H and O–H groups in total.